The molecule has 0 saturated heterocycles. The molecule has 3 rings (SSSR count). The number of aromatic amines is 1. The molecular formula is C16H14ClN3O3S. The maximum Gasteiger partial charge on any atom is 0.286 e. The summed E-state index contributed by atoms with van der Waals surface area (Å²) in [5.74, 6) is 1.14. The van der Waals surface area contributed by atoms with Crippen molar-refractivity contribution >= 4 is 38.8 Å². The predicted molar refractivity (Wildman–Crippen MR) is 96.2 cm³/mol. The third-order valence-corrected chi connectivity index (χ3v) is 4.55. The Kier molecular flexibility index (Phi) is 4.73. The topological polar surface area (TPSA) is 75.7 Å². The smallest absolute Gasteiger partial charge is 0.286 e. The van der Waals surface area contributed by atoms with Crippen molar-refractivity contribution in [2.75, 3.05) is 19.6 Å². The van der Waals surface area contributed by atoms with Gasteiger partial charge in [-0.05, 0) is 24.3 Å². The zero-order valence-corrected chi connectivity index (χ0v) is 14.5. The molecule has 124 valence electrons. The fraction of sp³-hybridized carbons (Fsp3) is 0.125. The average Bonchev–Trinajstić information content (AvgIpc) is 2.60. The number of halogens is 1. The van der Waals surface area contributed by atoms with Crippen LogP contribution in [0.3, 0.4) is 0 Å². The van der Waals surface area contributed by atoms with Crippen molar-refractivity contribution < 1.29 is 9.47 Å². The Labute approximate surface area is 146 Å². The highest BCUT2D eigenvalue weighted by molar-refractivity contribution is 7.16. The molecule has 0 aliphatic rings. The first-order chi connectivity index (χ1) is 11.6. The van der Waals surface area contributed by atoms with Gasteiger partial charge in [0.05, 0.1) is 30.1 Å². The molecule has 0 radical (unpaired) electrons. The molecule has 2 N–H and O–H groups in total. The second-order valence-corrected chi connectivity index (χ2v) is 6.26. The van der Waals surface area contributed by atoms with Gasteiger partial charge in [-0.2, -0.15) is 5.10 Å². The zero-order chi connectivity index (χ0) is 17.1. The van der Waals surface area contributed by atoms with E-state index >= 15 is 0 Å². The molecule has 0 fully saturated rings. The van der Waals surface area contributed by atoms with Crippen LogP contribution in [0.15, 0.2) is 46.3 Å². The molecule has 0 spiro atoms. The normalized spacial score (nSPS) is 11.5. The minimum atomic E-state index is -0.291. The van der Waals surface area contributed by atoms with Gasteiger partial charge in [-0.15, -0.1) is 11.3 Å². The summed E-state index contributed by atoms with van der Waals surface area (Å²) in [5, 5.41) is 4.80. The van der Waals surface area contributed by atoms with Gasteiger partial charge in [0.1, 0.15) is 0 Å². The van der Waals surface area contributed by atoms with Crippen LogP contribution in [-0.2, 0) is 0 Å². The van der Waals surface area contributed by atoms with E-state index in [0.29, 0.717) is 26.7 Å². The van der Waals surface area contributed by atoms with Gasteiger partial charge in [0.2, 0.25) is 4.67 Å². The number of nitrogens with zero attached hydrogens (tertiary/aromatic N) is 1. The summed E-state index contributed by atoms with van der Waals surface area (Å²) >= 11 is 7.09. The lowest BCUT2D eigenvalue weighted by atomic mass is 10.3. The standard InChI is InChI=1S/C16H14ClN3O3S/c1-22-12-7-11-14(8-13(12)23-2)24-16(15(21)18-11)20-19-10-5-3-9(17)4-6-10/h3-8,19H,1-2H3,(H,18,21). The maximum absolute atomic E-state index is 12.2. The number of H-pyrrole nitrogens is 1. The molecule has 3 aromatic rings. The monoisotopic (exact) mass is 363 g/mol. The average molecular weight is 364 g/mol. The van der Waals surface area contributed by atoms with Crippen LogP contribution < -0.4 is 25.1 Å². The summed E-state index contributed by atoms with van der Waals surface area (Å²) in [6.45, 7) is 0. The van der Waals surface area contributed by atoms with Gasteiger partial charge in [0.15, 0.2) is 11.5 Å². The summed E-state index contributed by atoms with van der Waals surface area (Å²) in [6.07, 6.45) is 0. The molecule has 24 heavy (non-hydrogen) atoms. The van der Waals surface area contributed by atoms with Crippen LogP contribution >= 0.6 is 22.9 Å². The molecule has 6 nitrogen and oxygen atoms in total. The number of fused-ring (bicyclic) bond motifs is 1. The van der Waals surface area contributed by atoms with Crippen LogP contribution in [-0.4, -0.2) is 19.2 Å². The molecule has 0 saturated carbocycles. The van der Waals surface area contributed by atoms with Crippen molar-refractivity contribution in [2.45, 2.75) is 0 Å². The number of methoxy groups -OCH3 is 2. The predicted octanol–water partition coefficient (Wildman–Crippen LogP) is 3.19. The van der Waals surface area contributed by atoms with Crippen LogP contribution in [0.25, 0.3) is 10.2 Å². The SMILES string of the molecule is COc1cc2[nH]c(=O)c(=NNc3ccc(Cl)cc3)sc2cc1OC. The maximum atomic E-state index is 12.2. The van der Waals surface area contributed by atoms with Crippen LogP contribution in [0, 0.1) is 0 Å². The third kappa shape index (κ3) is 3.37. The fourth-order valence-corrected chi connectivity index (χ4v) is 3.04. The van der Waals surface area contributed by atoms with E-state index in [1.54, 1.807) is 50.6 Å². The summed E-state index contributed by atoms with van der Waals surface area (Å²) < 4.78 is 11.6. The number of ether oxygens (including phenoxy) is 2. The van der Waals surface area contributed by atoms with Crippen LogP contribution in [0.2, 0.25) is 5.02 Å². The molecule has 8 heteroatoms. The number of aromatic nitrogens is 1. The lowest BCUT2D eigenvalue weighted by molar-refractivity contribution is 0.356. The summed E-state index contributed by atoms with van der Waals surface area (Å²) in [7, 11) is 3.11. The molecule has 0 atom stereocenters. The zero-order valence-electron chi connectivity index (χ0n) is 12.9. The van der Waals surface area contributed by atoms with Gasteiger partial charge in [0, 0.05) is 17.2 Å². The van der Waals surface area contributed by atoms with Crippen molar-refractivity contribution in [3.05, 3.63) is 56.4 Å². The quantitative estimate of drug-likeness (QED) is 0.698. The Morgan fingerprint density at radius 3 is 2.46 bits per heavy atom. The Morgan fingerprint density at radius 1 is 1.12 bits per heavy atom. The molecule has 0 unspecified atom stereocenters. The molecule has 1 heterocycles. The second kappa shape index (κ2) is 6.94. The van der Waals surface area contributed by atoms with Crippen molar-refractivity contribution in [2.24, 2.45) is 5.10 Å². The molecule has 0 aliphatic carbocycles. The molecule has 0 bridgehead atoms. The molecule has 2 aromatic carbocycles. The van der Waals surface area contributed by atoms with E-state index in [9.17, 15) is 4.79 Å². The number of hydrogen-bond acceptors (Lipinski definition) is 6. The van der Waals surface area contributed by atoms with Crippen LogP contribution in [0.4, 0.5) is 5.69 Å². The van der Waals surface area contributed by atoms with E-state index in [1.807, 2.05) is 0 Å². The molecule has 1 aromatic heterocycles. The summed E-state index contributed by atoms with van der Waals surface area (Å²) in [6, 6.07) is 10.6. The van der Waals surface area contributed by atoms with Crippen molar-refractivity contribution in [1.82, 2.24) is 4.98 Å². The van der Waals surface area contributed by atoms with E-state index in [1.165, 1.54) is 11.3 Å². The van der Waals surface area contributed by atoms with Gasteiger partial charge < -0.3 is 14.5 Å². The van der Waals surface area contributed by atoms with Gasteiger partial charge in [-0.3, -0.25) is 10.2 Å². The van der Waals surface area contributed by atoms with Gasteiger partial charge in [-0.1, -0.05) is 11.6 Å². The van der Waals surface area contributed by atoms with E-state index in [-0.39, 0.29) is 5.56 Å². The highest BCUT2D eigenvalue weighted by Gasteiger charge is 2.08. The highest BCUT2D eigenvalue weighted by atomic mass is 35.5. The Morgan fingerprint density at radius 2 is 1.79 bits per heavy atom. The first-order valence-corrected chi connectivity index (χ1v) is 8.14. The highest BCUT2D eigenvalue weighted by Crippen LogP contribution is 2.31. The summed E-state index contributed by atoms with van der Waals surface area (Å²) in [4.78, 5) is 15.0. The summed E-state index contributed by atoms with van der Waals surface area (Å²) in [5.41, 5.74) is 3.95. The van der Waals surface area contributed by atoms with Crippen molar-refractivity contribution in [3.8, 4) is 11.5 Å². The number of hydrogen-bond donors (Lipinski definition) is 2. The third-order valence-electron chi connectivity index (χ3n) is 3.27. The van der Waals surface area contributed by atoms with E-state index in [0.717, 1.165) is 10.4 Å². The first-order valence-electron chi connectivity index (χ1n) is 6.95. The number of anilines is 1. The first kappa shape index (κ1) is 16.4. The number of benzene rings is 2. The Balaban J connectivity index is 2.04. The van der Waals surface area contributed by atoms with E-state index < -0.39 is 0 Å². The Hall–Kier alpha value is -2.51. The lowest BCUT2D eigenvalue weighted by Gasteiger charge is -2.08. The van der Waals surface area contributed by atoms with Gasteiger partial charge >= 0.3 is 0 Å². The largest absolute Gasteiger partial charge is 0.493 e. The molecule has 0 aliphatic heterocycles. The Bertz CT molecular complexity index is 996. The minimum absolute atomic E-state index is 0.291. The van der Waals surface area contributed by atoms with E-state index in [2.05, 4.69) is 15.5 Å². The molecular weight excluding hydrogens is 350 g/mol. The fourth-order valence-electron chi connectivity index (χ4n) is 2.08. The van der Waals surface area contributed by atoms with Crippen molar-refractivity contribution in [3.63, 3.8) is 0 Å². The van der Waals surface area contributed by atoms with Gasteiger partial charge in [0.25, 0.3) is 5.56 Å². The van der Waals surface area contributed by atoms with E-state index in [4.69, 9.17) is 21.1 Å². The molecule has 0 amide bonds. The number of rotatable bonds is 4. The lowest BCUT2D eigenvalue weighted by Crippen LogP contribution is -2.26. The van der Waals surface area contributed by atoms with Crippen LogP contribution in [0.1, 0.15) is 0 Å². The minimum Gasteiger partial charge on any atom is -0.493 e. The number of nitrogens with one attached hydrogen (secondary N) is 2. The van der Waals surface area contributed by atoms with Crippen molar-refractivity contribution in [1.29, 1.82) is 0 Å². The second-order valence-electron chi connectivity index (χ2n) is 4.80. The van der Waals surface area contributed by atoms with Crippen LogP contribution in [0.5, 0.6) is 11.5 Å². The van der Waals surface area contributed by atoms with Gasteiger partial charge in [-0.25, -0.2) is 0 Å².